The van der Waals surface area contributed by atoms with Crippen LogP contribution < -0.4 is 0 Å². The third kappa shape index (κ3) is 2.19. The monoisotopic (exact) mass is 262 g/mol. The van der Waals surface area contributed by atoms with Gasteiger partial charge in [0.15, 0.2) is 5.82 Å². The van der Waals surface area contributed by atoms with Crippen LogP contribution >= 0.6 is 11.3 Å². The van der Waals surface area contributed by atoms with E-state index in [1.54, 1.807) is 11.3 Å². The second-order valence-electron chi connectivity index (χ2n) is 5.03. The third-order valence-corrected chi connectivity index (χ3v) is 4.67. The Morgan fingerprint density at radius 2 is 1.89 bits per heavy atom. The van der Waals surface area contributed by atoms with E-state index in [0.717, 1.165) is 27.2 Å². The smallest absolute Gasteiger partial charge is 0.193 e. The molecule has 0 spiro atoms. The molecular formula is C13H18N4S. The number of aryl methyl sites for hydroxylation is 2. The average Bonchev–Trinajstić information content (AvgIpc) is 2.97. The fourth-order valence-corrected chi connectivity index (χ4v) is 3.53. The van der Waals surface area contributed by atoms with E-state index in [9.17, 15) is 0 Å². The number of nitrogens with one attached hydrogen (secondary N) is 1. The number of H-pyrrole nitrogens is 1. The number of aromatic amines is 1. The lowest BCUT2D eigenvalue weighted by Gasteiger charge is -2.18. The van der Waals surface area contributed by atoms with Crippen LogP contribution in [0.2, 0.25) is 0 Å². The van der Waals surface area contributed by atoms with Gasteiger partial charge in [0.2, 0.25) is 0 Å². The minimum absolute atomic E-state index is 0.578. The Hall–Kier alpha value is -1.23. The van der Waals surface area contributed by atoms with Crippen LogP contribution in [-0.4, -0.2) is 20.2 Å². The van der Waals surface area contributed by atoms with Crippen molar-refractivity contribution < 1.29 is 0 Å². The molecule has 2 aromatic rings. The van der Waals surface area contributed by atoms with Crippen LogP contribution in [0.4, 0.5) is 0 Å². The SMILES string of the molecule is Cc1nc(C)c(-c2n[nH]c(C3CCCCC3)n2)s1. The lowest BCUT2D eigenvalue weighted by Crippen LogP contribution is -2.06. The van der Waals surface area contributed by atoms with Gasteiger partial charge in [-0.05, 0) is 26.7 Å². The number of aromatic nitrogens is 4. The summed E-state index contributed by atoms with van der Waals surface area (Å²) in [5, 5.41) is 8.57. The molecule has 0 amide bonds. The Morgan fingerprint density at radius 1 is 1.11 bits per heavy atom. The second-order valence-corrected chi connectivity index (χ2v) is 6.23. The van der Waals surface area contributed by atoms with Crippen molar-refractivity contribution in [1.82, 2.24) is 20.2 Å². The van der Waals surface area contributed by atoms with Crippen molar-refractivity contribution >= 4 is 11.3 Å². The van der Waals surface area contributed by atoms with Gasteiger partial charge in [0, 0.05) is 5.92 Å². The first-order chi connectivity index (χ1) is 8.74. The van der Waals surface area contributed by atoms with Crippen molar-refractivity contribution in [3.05, 3.63) is 16.5 Å². The quantitative estimate of drug-likeness (QED) is 0.899. The van der Waals surface area contributed by atoms with Gasteiger partial charge in [0.25, 0.3) is 0 Å². The van der Waals surface area contributed by atoms with E-state index in [4.69, 9.17) is 0 Å². The Kier molecular flexibility index (Phi) is 3.16. The molecule has 2 heterocycles. The standard InChI is InChI=1S/C13H18N4S/c1-8-11(18-9(2)14-8)13-15-12(16-17-13)10-6-4-3-5-7-10/h10H,3-7H2,1-2H3,(H,15,16,17). The molecule has 0 aliphatic heterocycles. The van der Waals surface area contributed by atoms with Gasteiger partial charge in [-0.1, -0.05) is 19.3 Å². The van der Waals surface area contributed by atoms with Crippen molar-refractivity contribution in [2.75, 3.05) is 0 Å². The van der Waals surface area contributed by atoms with Crippen molar-refractivity contribution in [3.63, 3.8) is 0 Å². The third-order valence-electron chi connectivity index (χ3n) is 3.60. The van der Waals surface area contributed by atoms with E-state index in [-0.39, 0.29) is 0 Å². The Bertz CT molecular complexity index is 537. The second kappa shape index (κ2) is 4.80. The summed E-state index contributed by atoms with van der Waals surface area (Å²) in [5.74, 6) is 2.46. The van der Waals surface area contributed by atoms with Crippen molar-refractivity contribution in [1.29, 1.82) is 0 Å². The molecule has 5 heteroatoms. The molecule has 1 N–H and O–H groups in total. The van der Waals surface area contributed by atoms with E-state index >= 15 is 0 Å². The number of nitrogens with zero attached hydrogens (tertiary/aromatic N) is 3. The maximum atomic E-state index is 4.68. The molecule has 4 nitrogen and oxygen atoms in total. The molecule has 1 fully saturated rings. The summed E-state index contributed by atoms with van der Waals surface area (Å²) in [5.41, 5.74) is 1.03. The van der Waals surface area contributed by atoms with Gasteiger partial charge in [-0.15, -0.1) is 11.3 Å². The van der Waals surface area contributed by atoms with E-state index in [1.807, 2.05) is 13.8 Å². The summed E-state index contributed by atoms with van der Waals surface area (Å²) in [4.78, 5) is 10.2. The molecule has 0 atom stereocenters. The minimum atomic E-state index is 0.578. The minimum Gasteiger partial charge on any atom is -0.262 e. The highest BCUT2D eigenvalue weighted by molar-refractivity contribution is 7.15. The van der Waals surface area contributed by atoms with Crippen LogP contribution in [0, 0.1) is 13.8 Å². The summed E-state index contributed by atoms with van der Waals surface area (Å²) in [6.07, 6.45) is 6.49. The number of hydrogen-bond acceptors (Lipinski definition) is 4. The predicted octanol–water partition coefficient (Wildman–Crippen LogP) is 3.59. The lowest BCUT2D eigenvalue weighted by molar-refractivity contribution is 0.429. The summed E-state index contributed by atoms with van der Waals surface area (Å²) < 4.78 is 0. The van der Waals surface area contributed by atoms with Crippen molar-refractivity contribution in [2.24, 2.45) is 0 Å². The topological polar surface area (TPSA) is 54.5 Å². The highest BCUT2D eigenvalue weighted by atomic mass is 32.1. The predicted molar refractivity (Wildman–Crippen MR) is 72.8 cm³/mol. The fraction of sp³-hybridized carbons (Fsp3) is 0.615. The maximum absolute atomic E-state index is 4.68. The number of thiazole rings is 1. The van der Waals surface area contributed by atoms with Crippen LogP contribution in [0.1, 0.15) is 54.5 Å². The summed E-state index contributed by atoms with van der Waals surface area (Å²) >= 11 is 1.67. The van der Waals surface area contributed by atoms with Gasteiger partial charge in [0.1, 0.15) is 5.82 Å². The van der Waals surface area contributed by atoms with E-state index in [0.29, 0.717) is 5.92 Å². The van der Waals surface area contributed by atoms with E-state index in [2.05, 4.69) is 20.2 Å². The van der Waals surface area contributed by atoms with Crippen LogP contribution in [0.3, 0.4) is 0 Å². The zero-order valence-corrected chi connectivity index (χ0v) is 11.7. The highest BCUT2D eigenvalue weighted by Gasteiger charge is 2.20. The molecule has 2 aromatic heterocycles. The molecule has 0 saturated heterocycles. The van der Waals surface area contributed by atoms with Crippen LogP contribution in [-0.2, 0) is 0 Å². The summed E-state index contributed by atoms with van der Waals surface area (Å²) in [7, 11) is 0. The zero-order chi connectivity index (χ0) is 12.5. The summed E-state index contributed by atoms with van der Waals surface area (Å²) in [6.45, 7) is 4.05. The molecular weight excluding hydrogens is 244 g/mol. The number of rotatable bonds is 2. The highest BCUT2D eigenvalue weighted by Crippen LogP contribution is 2.32. The molecule has 1 aliphatic rings. The first-order valence-corrected chi connectivity index (χ1v) is 7.42. The molecule has 1 saturated carbocycles. The molecule has 96 valence electrons. The Morgan fingerprint density at radius 3 is 2.56 bits per heavy atom. The normalized spacial score (nSPS) is 17.2. The van der Waals surface area contributed by atoms with Crippen molar-refractivity contribution in [2.45, 2.75) is 51.9 Å². The largest absolute Gasteiger partial charge is 0.262 e. The lowest BCUT2D eigenvalue weighted by atomic mass is 9.89. The van der Waals surface area contributed by atoms with Gasteiger partial charge >= 0.3 is 0 Å². The van der Waals surface area contributed by atoms with Gasteiger partial charge in [0.05, 0.1) is 15.6 Å². The molecule has 0 radical (unpaired) electrons. The molecule has 0 aromatic carbocycles. The van der Waals surface area contributed by atoms with Gasteiger partial charge in [-0.3, -0.25) is 5.10 Å². The van der Waals surface area contributed by atoms with Crippen molar-refractivity contribution in [3.8, 4) is 10.7 Å². The summed E-state index contributed by atoms with van der Waals surface area (Å²) in [6, 6.07) is 0. The van der Waals surface area contributed by atoms with Crippen LogP contribution in [0.15, 0.2) is 0 Å². The average molecular weight is 262 g/mol. The van der Waals surface area contributed by atoms with Crippen LogP contribution in [0.5, 0.6) is 0 Å². The Balaban J connectivity index is 1.86. The fourth-order valence-electron chi connectivity index (χ4n) is 2.67. The first kappa shape index (κ1) is 11.8. The molecule has 1 aliphatic carbocycles. The van der Waals surface area contributed by atoms with Gasteiger partial charge in [-0.2, -0.15) is 5.10 Å². The molecule has 18 heavy (non-hydrogen) atoms. The van der Waals surface area contributed by atoms with Gasteiger partial charge < -0.3 is 0 Å². The molecule has 3 rings (SSSR count). The maximum Gasteiger partial charge on any atom is 0.193 e. The van der Waals surface area contributed by atoms with E-state index in [1.165, 1.54) is 32.1 Å². The molecule has 0 bridgehead atoms. The number of hydrogen-bond donors (Lipinski definition) is 1. The van der Waals surface area contributed by atoms with E-state index < -0.39 is 0 Å². The van der Waals surface area contributed by atoms with Gasteiger partial charge in [-0.25, -0.2) is 9.97 Å². The Labute approximate surface area is 111 Å². The zero-order valence-electron chi connectivity index (χ0n) is 10.9. The van der Waals surface area contributed by atoms with Crippen LogP contribution in [0.25, 0.3) is 10.7 Å². The molecule has 0 unspecified atom stereocenters. The first-order valence-electron chi connectivity index (χ1n) is 6.61.